The van der Waals surface area contributed by atoms with Gasteiger partial charge in [0.25, 0.3) is 5.56 Å². The Bertz CT molecular complexity index is 1380. The molecule has 0 amide bonds. The Kier molecular flexibility index (Phi) is 5.68. The minimum absolute atomic E-state index is 0.221. The summed E-state index contributed by atoms with van der Waals surface area (Å²) in [5.74, 6) is -0.485. The van der Waals surface area contributed by atoms with Gasteiger partial charge in [0.1, 0.15) is 0 Å². The molecule has 1 aliphatic heterocycles. The number of aryl methyl sites for hydroxylation is 1. The fourth-order valence-corrected chi connectivity index (χ4v) is 4.71. The zero-order chi connectivity index (χ0) is 22.3. The standard InChI is InChI=1S/C22H21ClN4O3S/c1-5-30-21(29)18-12(2)25-22-27(19(18)14-6-8-16(23)9-7-14)20(28)17(31-22)10-15-11-24-26(4)13(15)3/h6-11,19H,5H2,1-4H3/b17-10+. The van der Waals surface area contributed by atoms with Gasteiger partial charge in [-0.15, -0.1) is 0 Å². The van der Waals surface area contributed by atoms with Crippen LogP contribution in [0, 0.1) is 6.92 Å². The van der Waals surface area contributed by atoms with E-state index in [1.54, 1.807) is 41.4 Å². The molecular formula is C22H21ClN4O3S. The maximum atomic E-state index is 13.5. The van der Waals surface area contributed by atoms with Gasteiger partial charge in [-0.1, -0.05) is 35.1 Å². The molecule has 0 saturated carbocycles. The highest BCUT2D eigenvalue weighted by Crippen LogP contribution is 2.31. The van der Waals surface area contributed by atoms with Crippen molar-refractivity contribution < 1.29 is 9.53 Å². The van der Waals surface area contributed by atoms with Crippen molar-refractivity contribution in [3.63, 3.8) is 0 Å². The highest BCUT2D eigenvalue weighted by Gasteiger charge is 2.33. The third-order valence-electron chi connectivity index (χ3n) is 5.26. The van der Waals surface area contributed by atoms with Crippen LogP contribution in [0.1, 0.15) is 36.7 Å². The minimum Gasteiger partial charge on any atom is -0.463 e. The van der Waals surface area contributed by atoms with Gasteiger partial charge in [-0.05, 0) is 44.5 Å². The van der Waals surface area contributed by atoms with Crippen molar-refractivity contribution in [2.24, 2.45) is 12.0 Å². The fraction of sp³-hybridized carbons (Fsp3) is 0.273. The van der Waals surface area contributed by atoms with E-state index in [0.717, 1.165) is 16.8 Å². The molecule has 1 aliphatic rings. The normalized spacial score (nSPS) is 16.3. The van der Waals surface area contributed by atoms with Crippen LogP contribution in [-0.2, 0) is 16.6 Å². The lowest BCUT2D eigenvalue weighted by molar-refractivity contribution is -0.139. The van der Waals surface area contributed by atoms with Crippen LogP contribution in [0.3, 0.4) is 0 Å². The summed E-state index contributed by atoms with van der Waals surface area (Å²) in [6.45, 7) is 5.68. The lowest BCUT2D eigenvalue weighted by Gasteiger charge is -2.24. The number of ether oxygens (including phenoxy) is 1. The first kappa shape index (κ1) is 21.3. The molecule has 160 valence electrons. The minimum atomic E-state index is -0.648. The Balaban J connectivity index is 1.97. The van der Waals surface area contributed by atoms with E-state index in [9.17, 15) is 9.59 Å². The molecule has 2 aromatic heterocycles. The third-order valence-corrected chi connectivity index (χ3v) is 6.50. The summed E-state index contributed by atoms with van der Waals surface area (Å²) < 4.78 is 9.12. The molecule has 0 bridgehead atoms. The topological polar surface area (TPSA) is 78.5 Å². The highest BCUT2D eigenvalue weighted by atomic mass is 35.5. The van der Waals surface area contributed by atoms with Gasteiger partial charge < -0.3 is 4.74 Å². The first-order chi connectivity index (χ1) is 14.8. The van der Waals surface area contributed by atoms with Gasteiger partial charge in [0, 0.05) is 23.3 Å². The number of carbonyl (C=O) groups is 1. The van der Waals surface area contributed by atoms with E-state index in [0.29, 0.717) is 25.6 Å². The van der Waals surface area contributed by atoms with E-state index < -0.39 is 12.0 Å². The van der Waals surface area contributed by atoms with Gasteiger partial charge in [-0.2, -0.15) is 5.10 Å². The van der Waals surface area contributed by atoms with Crippen LogP contribution in [-0.4, -0.2) is 26.9 Å². The second-order valence-electron chi connectivity index (χ2n) is 7.16. The SMILES string of the molecule is CCOC(=O)C1=C(C)N=c2s/c(=C/c3cnn(C)c3C)c(=O)n2C1c1ccc(Cl)cc1. The Hall–Kier alpha value is -2.97. The van der Waals surface area contributed by atoms with Crippen LogP contribution in [0.15, 0.2) is 51.5 Å². The number of nitrogens with zero attached hydrogens (tertiary/aromatic N) is 4. The van der Waals surface area contributed by atoms with E-state index in [1.165, 1.54) is 11.3 Å². The van der Waals surface area contributed by atoms with Crippen molar-refractivity contribution in [2.45, 2.75) is 26.8 Å². The number of carbonyl (C=O) groups excluding carboxylic acids is 1. The largest absolute Gasteiger partial charge is 0.463 e. The zero-order valence-corrected chi connectivity index (χ0v) is 19.1. The number of fused-ring (bicyclic) bond motifs is 1. The summed E-state index contributed by atoms with van der Waals surface area (Å²) in [7, 11) is 1.85. The molecule has 1 aromatic carbocycles. The molecule has 9 heteroatoms. The van der Waals surface area contributed by atoms with Crippen molar-refractivity contribution in [2.75, 3.05) is 6.61 Å². The summed E-state index contributed by atoms with van der Waals surface area (Å²) in [5, 5.41) is 4.81. The van der Waals surface area contributed by atoms with Crippen molar-refractivity contribution >= 4 is 35.0 Å². The predicted octanol–water partition coefficient (Wildman–Crippen LogP) is 2.49. The molecule has 0 aliphatic carbocycles. The van der Waals surface area contributed by atoms with Gasteiger partial charge >= 0.3 is 5.97 Å². The van der Waals surface area contributed by atoms with E-state index in [4.69, 9.17) is 16.3 Å². The summed E-state index contributed by atoms with van der Waals surface area (Å²) in [6, 6.07) is 6.46. The first-order valence-electron chi connectivity index (χ1n) is 9.75. The van der Waals surface area contributed by atoms with Crippen molar-refractivity contribution in [1.29, 1.82) is 0 Å². The van der Waals surface area contributed by atoms with E-state index in [1.807, 2.05) is 32.2 Å². The lowest BCUT2D eigenvalue weighted by Crippen LogP contribution is -2.39. The smallest absolute Gasteiger partial charge is 0.338 e. The van der Waals surface area contributed by atoms with Gasteiger partial charge in [0.2, 0.25) is 0 Å². The monoisotopic (exact) mass is 456 g/mol. The summed E-state index contributed by atoms with van der Waals surface area (Å²) in [5.41, 5.74) is 3.22. The molecule has 0 fully saturated rings. The summed E-state index contributed by atoms with van der Waals surface area (Å²) in [6.07, 6.45) is 3.54. The predicted molar refractivity (Wildman–Crippen MR) is 120 cm³/mol. The van der Waals surface area contributed by atoms with Crippen LogP contribution in [0.25, 0.3) is 6.08 Å². The Morgan fingerprint density at radius 3 is 2.61 bits per heavy atom. The fourth-order valence-electron chi connectivity index (χ4n) is 3.55. The van der Waals surface area contributed by atoms with Crippen LogP contribution >= 0.6 is 22.9 Å². The molecule has 4 rings (SSSR count). The number of hydrogen-bond donors (Lipinski definition) is 0. The lowest BCUT2D eigenvalue weighted by atomic mass is 9.96. The van der Waals surface area contributed by atoms with Gasteiger partial charge in [0.05, 0.1) is 34.6 Å². The summed E-state index contributed by atoms with van der Waals surface area (Å²) in [4.78, 5) is 31.4. The third kappa shape index (κ3) is 3.77. The molecule has 0 N–H and O–H groups in total. The molecule has 1 atom stereocenters. The Labute approximate surface area is 187 Å². The van der Waals surface area contributed by atoms with Gasteiger partial charge in [0.15, 0.2) is 4.80 Å². The van der Waals surface area contributed by atoms with Crippen LogP contribution in [0.4, 0.5) is 0 Å². The maximum absolute atomic E-state index is 13.5. The van der Waals surface area contributed by atoms with Crippen LogP contribution in [0.2, 0.25) is 5.02 Å². The maximum Gasteiger partial charge on any atom is 0.338 e. The molecule has 0 saturated heterocycles. The summed E-state index contributed by atoms with van der Waals surface area (Å²) >= 11 is 7.36. The molecule has 3 aromatic rings. The number of halogens is 1. The van der Waals surface area contributed by atoms with E-state index in [-0.39, 0.29) is 12.2 Å². The number of hydrogen-bond acceptors (Lipinski definition) is 6. The Morgan fingerprint density at radius 1 is 1.29 bits per heavy atom. The van der Waals surface area contributed by atoms with Gasteiger partial charge in [-0.3, -0.25) is 14.0 Å². The number of allylic oxidation sites excluding steroid dienone is 1. The number of aromatic nitrogens is 3. The highest BCUT2D eigenvalue weighted by molar-refractivity contribution is 7.07. The van der Waals surface area contributed by atoms with Crippen molar-refractivity contribution in [1.82, 2.24) is 14.3 Å². The first-order valence-corrected chi connectivity index (χ1v) is 10.9. The van der Waals surface area contributed by atoms with E-state index in [2.05, 4.69) is 10.1 Å². The van der Waals surface area contributed by atoms with Crippen molar-refractivity contribution in [3.8, 4) is 0 Å². The van der Waals surface area contributed by atoms with Crippen LogP contribution in [0.5, 0.6) is 0 Å². The molecule has 3 heterocycles. The zero-order valence-electron chi connectivity index (χ0n) is 17.5. The second kappa shape index (κ2) is 8.28. The molecule has 7 nitrogen and oxygen atoms in total. The number of thiazole rings is 1. The molecule has 1 unspecified atom stereocenters. The molecule has 0 radical (unpaired) electrons. The Morgan fingerprint density at radius 2 is 2.00 bits per heavy atom. The van der Waals surface area contributed by atoms with E-state index >= 15 is 0 Å². The quantitative estimate of drug-likeness (QED) is 0.565. The van der Waals surface area contributed by atoms with Crippen LogP contribution < -0.4 is 14.9 Å². The van der Waals surface area contributed by atoms with Crippen molar-refractivity contribution in [3.05, 3.63) is 83.3 Å². The molecule has 0 spiro atoms. The number of benzene rings is 1. The molecular weight excluding hydrogens is 436 g/mol. The number of rotatable bonds is 4. The second-order valence-corrected chi connectivity index (χ2v) is 8.61. The van der Waals surface area contributed by atoms with Gasteiger partial charge in [-0.25, -0.2) is 9.79 Å². The average molecular weight is 457 g/mol. The number of esters is 1. The molecule has 31 heavy (non-hydrogen) atoms. The average Bonchev–Trinajstić information content (AvgIpc) is 3.21.